The predicted molar refractivity (Wildman–Crippen MR) is 95.6 cm³/mol. The summed E-state index contributed by atoms with van der Waals surface area (Å²) in [5.41, 5.74) is 2.99. The highest BCUT2D eigenvalue weighted by Gasteiger charge is 2.12. The van der Waals surface area contributed by atoms with Gasteiger partial charge in [-0.25, -0.2) is 9.97 Å². The molecule has 0 unspecified atom stereocenters. The van der Waals surface area contributed by atoms with Gasteiger partial charge in [-0.05, 0) is 19.1 Å². The summed E-state index contributed by atoms with van der Waals surface area (Å²) in [7, 11) is 1.99. The van der Waals surface area contributed by atoms with Crippen molar-refractivity contribution in [1.82, 2.24) is 24.7 Å². The summed E-state index contributed by atoms with van der Waals surface area (Å²) in [6.07, 6.45) is 0. The molecule has 0 radical (unpaired) electrons. The molecule has 0 spiro atoms. The van der Waals surface area contributed by atoms with E-state index in [2.05, 4.69) is 48.2 Å². The molecular weight excluding hydrogens is 324 g/mol. The third-order valence-corrected chi connectivity index (χ3v) is 4.03. The number of hydrogen-bond donors (Lipinski definition) is 2. The van der Waals surface area contributed by atoms with Crippen molar-refractivity contribution in [3.8, 4) is 11.5 Å². The predicted octanol–water partition coefficient (Wildman–Crippen LogP) is 4.06. The molecule has 120 valence electrons. The Morgan fingerprint density at radius 1 is 1.08 bits per heavy atom. The largest absolute Gasteiger partial charge is 0.341 e. The van der Waals surface area contributed by atoms with Crippen molar-refractivity contribution in [2.24, 2.45) is 7.05 Å². The highest BCUT2D eigenvalue weighted by molar-refractivity contribution is 6.29. The summed E-state index contributed by atoms with van der Waals surface area (Å²) in [6.45, 7) is 1.94. The van der Waals surface area contributed by atoms with Crippen LogP contribution in [0, 0.1) is 6.92 Å². The quantitative estimate of drug-likeness (QED) is 0.552. The fourth-order valence-corrected chi connectivity index (χ4v) is 2.90. The van der Waals surface area contributed by atoms with Crippen molar-refractivity contribution < 1.29 is 0 Å². The lowest BCUT2D eigenvalue weighted by Crippen LogP contribution is -2.00. The van der Waals surface area contributed by atoms with Crippen molar-refractivity contribution in [2.45, 2.75) is 6.92 Å². The summed E-state index contributed by atoms with van der Waals surface area (Å²) >= 11 is 6.19. The van der Waals surface area contributed by atoms with Crippen LogP contribution < -0.4 is 5.32 Å². The first-order valence-corrected chi connectivity index (χ1v) is 7.86. The number of benzene rings is 1. The van der Waals surface area contributed by atoms with Gasteiger partial charge in [0.1, 0.15) is 11.0 Å². The molecule has 0 atom stereocenters. The van der Waals surface area contributed by atoms with E-state index in [4.69, 9.17) is 11.6 Å². The van der Waals surface area contributed by atoms with Gasteiger partial charge in [0.05, 0.1) is 5.69 Å². The SMILES string of the molecule is Cc1cc(Nc2cc(Cl)nc(-c3cc4ccccc4n3C)n2)n[nH]1. The fourth-order valence-electron chi connectivity index (χ4n) is 2.71. The number of aromatic amines is 1. The van der Waals surface area contributed by atoms with Crippen LogP contribution in [0.15, 0.2) is 42.5 Å². The van der Waals surface area contributed by atoms with Crippen LogP contribution >= 0.6 is 11.6 Å². The van der Waals surface area contributed by atoms with Crippen LogP contribution in [0.2, 0.25) is 5.15 Å². The molecule has 4 rings (SSSR count). The van der Waals surface area contributed by atoms with Crippen LogP contribution in [0.1, 0.15) is 5.69 Å². The van der Waals surface area contributed by atoms with Crippen molar-refractivity contribution in [3.63, 3.8) is 0 Å². The minimum absolute atomic E-state index is 0.375. The third-order valence-electron chi connectivity index (χ3n) is 3.84. The van der Waals surface area contributed by atoms with Gasteiger partial charge in [0.25, 0.3) is 0 Å². The summed E-state index contributed by atoms with van der Waals surface area (Å²) in [6, 6.07) is 13.8. The molecule has 4 aromatic rings. The number of aromatic nitrogens is 5. The molecule has 0 aliphatic carbocycles. The fraction of sp³-hybridized carbons (Fsp3) is 0.118. The Labute approximate surface area is 143 Å². The lowest BCUT2D eigenvalue weighted by Gasteiger charge is -2.07. The first kappa shape index (κ1) is 14.7. The number of rotatable bonds is 3. The van der Waals surface area contributed by atoms with Gasteiger partial charge in [-0.3, -0.25) is 5.10 Å². The molecule has 0 saturated carbocycles. The maximum absolute atomic E-state index is 6.19. The first-order valence-electron chi connectivity index (χ1n) is 7.48. The van der Waals surface area contributed by atoms with E-state index in [9.17, 15) is 0 Å². The van der Waals surface area contributed by atoms with Crippen LogP contribution in [0.4, 0.5) is 11.6 Å². The summed E-state index contributed by atoms with van der Waals surface area (Å²) in [5.74, 6) is 1.85. The number of halogens is 1. The maximum Gasteiger partial charge on any atom is 0.179 e. The standard InChI is InChI=1S/C17H15ClN6/c1-10-7-16(23-22-10)20-15-9-14(18)19-17(21-15)13-8-11-5-3-4-6-12(11)24(13)2/h3-9H,1-2H3,(H2,19,20,21,22,23). The van der Waals surface area contributed by atoms with Crippen LogP contribution in [0.3, 0.4) is 0 Å². The molecule has 24 heavy (non-hydrogen) atoms. The van der Waals surface area contributed by atoms with E-state index in [1.807, 2.05) is 32.2 Å². The van der Waals surface area contributed by atoms with E-state index >= 15 is 0 Å². The molecule has 3 aromatic heterocycles. The van der Waals surface area contributed by atoms with E-state index in [0.29, 0.717) is 22.6 Å². The second-order valence-electron chi connectivity index (χ2n) is 5.61. The van der Waals surface area contributed by atoms with Gasteiger partial charge in [0.15, 0.2) is 11.6 Å². The van der Waals surface area contributed by atoms with Crippen LogP contribution in [0.25, 0.3) is 22.4 Å². The van der Waals surface area contributed by atoms with Gasteiger partial charge >= 0.3 is 0 Å². The highest BCUT2D eigenvalue weighted by atomic mass is 35.5. The zero-order valence-corrected chi connectivity index (χ0v) is 14.0. The molecule has 0 saturated heterocycles. The molecule has 2 N–H and O–H groups in total. The average Bonchev–Trinajstić information content (AvgIpc) is 3.11. The Morgan fingerprint density at radius 2 is 1.92 bits per heavy atom. The number of nitrogens with zero attached hydrogens (tertiary/aromatic N) is 4. The molecule has 6 nitrogen and oxygen atoms in total. The normalized spacial score (nSPS) is 11.1. The van der Waals surface area contributed by atoms with Crippen LogP contribution in [0.5, 0.6) is 0 Å². The zero-order chi connectivity index (χ0) is 16.7. The second-order valence-corrected chi connectivity index (χ2v) is 6.00. The number of fused-ring (bicyclic) bond motifs is 1. The number of para-hydroxylation sites is 1. The van der Waals surface area contributed by atoms with Crippen molar-refractivity contribution in [2.75, 3.05) is 5.32 Å². The molecular formula is C17H15ClN6. The first-order chi connectivity index (χ1) is 11.6. The van der Waals surface area contributed by atoms with Crippen molar-refractivity contribution >= 4 is 34.1 Å². The monoisotopic (exact) mass is 338 g/mol. The van der Waals surface area contributed by atoms with Crippen LogP contribution in [-0.4, -0.2) is 24.7 Å². The molecule has 3 heterocycles. The molecule has 0 fully saturated rings. The Kier molecular flexibility index (Phi) is 3.46. The van der Waals surface area contributed by atoms with Gasteiger partial charge in [-0.2, -0.15) is 5.10 Å². The highest BCUT2D eigenvalue weighted by Crippen LogP contribution is 2.27. The summed E-state index contributed by atoms with van der Waals surface area (Å²) in [5, 5.41) is 11.7. The average molecular weight is 339 g/mol. The number of anilines is 2. The lowest BCUT2D eigenvalue weighted by atomic mass is 10.2. The topological polar surface area (TPSA) is 71.4 Å². The van der Waals surface area contributed by atoms with E-state index in [0.717, 1.165) is 22.3 Å². The van der Waals surface area contributed by atoms with Gasteiger partial charge in [0.2, 0.25) is 0 Å². The van der Waals surface area contributed by atoms with Gasteiger partial charge in [0, 0.05) is 35.8 Å². The Balaban J connectivity index is 1.78. The van der Waals surface area contributed by atoms with E-state index in [1.54, 1.807) is 6.07 Å². The summed E-state index contributed by atoms with van der Waals surface area (Å²) < 4.78 is 2.06. The van der Waals surface area contributed by atoms with E-state index in [-0.39, 0.29) is 0 Å². The zero-order valence-electron chi connectivity index (χ0n) is 13.2. The van der Waals surface area contributed by atoms with Crippen LogP contribution in [-0.2, 0) is 7.05 Å². The van der Waals surface area contributed by atoms with E-state index in [1.165, 1.54) is 0 Å². The molecule has 0 bridgehead atoms. The number of hydrogen-bond acceptors (Lipinski definition) is 4. The summed E-state index contributed by atoms with van der Waals surface area (Å²) in [4.78, 5) is 8.96. The smallest absolute Gasteiger partial charge is 0.179 e. The number of nitrogens with one attached hydrogen (secondary N) is 2. The Morgan fingerprint density at radius 3 is 2.67 bits per heavy atom. The maximum atomic E-state index is 6.19. The second kappa shape index (κ2) is 5.65. The van der Waals surface area contributed by atoms with Gasteiger partial charge < -0.3 is 9.88 Å². The van der Waals surface area contributed by atoms with Gasteiger partial charge in [-0.1, -0.05) is 29.8 Å². The Bertz CT molecular complexity index is 1030. The third kappa shape index (κ3) is 2.61. The minimum Gasteiger partial charge on any atom is -0.341 e. The Hall–Kier alpha value is -2.86. The lowest BCUT2D eigenvalue weighted by molar-refractivity contribution is 0.957. The van der Waals surface area contributed by atoms with Crippen molar-refractivity contribution in [3.05, 3.63) is 53.3 Å². The molecule has 1 aromatic carbocycles. The van der Waals surface area contributed by atoms with Gasteiger partial charge in [-0.15, -0.1) is 0 Å². The number of aryl methyl sites for hydroxylation is 2. The van der Waals surface area contributed by atoms with E-state index < -0.39 is 0 Å². The van der Waals surface area contributed by atoms with Crippen molar-refractivity contribution in [1.29, 1.82) is 0 Å². The molecule has 0 aliphatic rings. The molecule has 0 aliphatic heterocycles. The minimum atomic E-state index is 0.375. The number of H-pyrrole nitrogens is 1. The molecule has 7 heteroatoms. The molecule has 0 amide bonds.